The zero-order valence-corrected chi connectivity index (χ0v) is 11.2. The number of nitrogens with one attached hydrogen (secondary N) is 1. The van der Waals surface area contributed by atoms with Crippen LogP contribution >= 0.6 is 0 Å². The number of halogens is 3. The molecule has 1 aromatic rings. The summed E-state index contributed by atoms with van der Waals surface area (Å²) in [7, 11) is 0. The summed E-state index contributed by atoms with van der Waals surface area (Å²) in [6, 6.07) is 7.65. The minimum absolute atomic E-state index is 0.124. The molecule has 2 N–H and O–H groups in total. The van der Waals surface area contributed by atoms with E-state index in [1.54, 1.807) is 44.2 Å². The third-order valence-electron chi connectivity index (χ3n) is 3.13. The zero-order valence-electron chi connectivity index (χ0n) is 11.2. The summed E-state index contributed by atoms with van der Waals surface area (Å²) in [5, 5.41) is 12.7. The monoisotopic (exact) mass is 275 g/mol. The van der Waals surface area contributed by atoms with Gasteiger partial charge in [-0.1, -0.05) is 37.3 Å². The number of alkyl halides is 3. The molecule has 0 aliphatic heterocycles. The van der Waals surface area contributed by atoms with Crippen LogP contribution in [0, 0.1) is 0 Å². The highest BCUT2D eigenvalue weighted by Gasteiger charge is 2.33. The highest BCUT2D eigenvalue weighted by molar-refractivity contribution is 5.19. The molecule has 0 spiro atoms. The van der Waals surface area contributed by atoms with Gasteiger partial charge in [0.15, 0.2) is 0 Å². The fraction of sp³-hybridized carbons (Fsp3) is 0.571. The van der Waals surface area contributed by atoms with Gasteiger partial charge in [-0.15, -0.1) is 0 Å². The first-order valence-corrected chi connectivity index (χ1v) is 6.31. The molecular weight excluding hydrogens is 255 g/mol. The Hall–Kier alpha value is -1.07. The second kappa shape index (κ2) is 6.39. The van der Waals surface area contributed by atoms with E-state index in [-0.39, 0.29) is 6.54 Å². The van der Waals surface area contributed by atoms with Crippen LogP contribution in [0.15, 0.2) is 30.3 Å². The van der Waals surface area contributed by atoms with Crippen molar-refractivity contribution in [2.24, 2.45) is 0 Å². The molecule has 0 fully saturated rings. The summed E-state index contributed by atoms with van der Waals surface area (Å²) in [6.45, 7) is 3.53. The van der Waals surface area contributed by atoms with Gasteiger partial charge in [-0.3, -0.25) is 0 Å². The van der Waals surface area contributed by atoms with E-state index in [4.69, 9.17) is 0 Å². The van der Waals surface area contributed by atoms with Crippen molar-refractivity contribution in [1.29, 1.82) is 0 Å². The molecule has 0 aromatic heterocycles. The Kier molecular flexibility index (Phi) is 5.38. The quantitative estimate of drug-likeness (QED) is 0.833. The Morgan fingerprint density at radius 1 is 1.21 bits per heavy atom. The van der Waals surface area contributed by atoms with Crippen molar-refractivity contribution >= 4 is 0 Å². The maximum absolute atomic E-state index is 12.6. The molecule has 1 rings (SSSR count). The van der Waals surface area contributed by atoms with Crippen molar-refractivity contribution in [2.45, 2.75) is 44.5 Å². The summed E-state index contributed by atoms with van der Waals surface area (Å²) in [5.41, 5.74) is -0.426. The molecule has 2 atom stereocenters. The van der Waals surface area contributed by atoms with E-state index >= 15 is 0 Å². The van der Waals surface area contributed by atoms with Crippen LogP contribution in [-0.4, -0.2) is 23.4 Å². The van der Waals surface area contributed by atoms with Gasteiger partial charge in [0.25, 0.3) is 0 Å². The molecule has 0 saturated carbocycles. The highest BCUT2D eigenvalue weighted by atomic mass is 19.4. The van der Waals surface area contributed by atoms with Crippen LogP contribution in [0.2, 0.25) is 0 Å². The average Bonchev–Trinajstić information content (AvgIpc) is 2.34. The van der Waals surface area contributed by atoms with Gasteiger partial charge in [0.1, 0.15) is 0 Å². The van der Waals surface area contributed by atoms with E-state index < -0.39 is 24.2 Å². The Morgan fingerprint density at radius 3 is 2.26 bits per heavy atom. The van der Waals surface area contributed by atoms with Gasteiger partial charge < -0.3 is 10.4 Å². The largest absolute Gasteiger partial charge is 0.390 e. The van der Waals surface area contributed by atoms with Crippen molar-refractivity contribution in [3.8, 4) is 0 Å². The first-order valence-electron chi connectivity index (χ1n) is 6.31. The topological polar surface area (TPSA) is 32.3 Å². The van der Waals surface area contributed by atoms with Gasteiger partial charge in [0.05, 0.1) is 12.0 Å². The number of aliphatic hydroxyl groups is 1. The van der Waals surface area contributed by atoms with Crippen molar-refractivity contribution in [1.82, 2.24) is 5.32 Å². The lowest BCUT2D eigenvalue weighted by molar-refractivity contribution is -0.141. The molecule has 2 nitrogen and oxygen atoms in total. The smallest absolute Gasteiger partial charge is 0.389 e. The Morgan fingerprint density at radius 2 is 1.79 bits per heavy atom. The van der Waals surface area contributed by atoms with Gasteiger partial charge in [-0.25, -0.2) is 0 Å². The maximum Gasteiger partial charge on any atom is 0.390 e. The summed E-state index contributed by atoms with van der Waals surface area (Å²) in [4.78, 5) is 0. The van der Waals surface area contributed by atoms with Crippen LogP contribution < -0.4 is 5.32 Å². The molecule has 0 saturated heterocycles. The fourth-order valence-electron chi connectivity index (χ4n) is 1.69. The molecule has 0 aliphatic rings. The van der Waals surface area contributed by atoms with E-state index in [0.29, 0.717) is 12.0 Å². The third kappa shape index (κ3) is 6.07. The lowest BCUT2D eigenvalue weighted by atomic mass is 10.00. The molecule has 0 radical (unpaired) electrons. The number of benzene rings is 1. The molecule has 108 valence electrons. The van der Waals surface area contributed by atoms with Gasteiger partial charge >= 0.3 is 6.18 Å². The predicted octanol–water partition coefficient (Wildman–Crippen LogP) is 3.43. The Balaban J connectivity index is 2.77. The van der Waals surface area contributed by atoms with Crippen molar-refractivity contribution in [3.63, 3.8) is 0 Å². The van der Waals surface area contributed by atoms with Crippen LogP contribution in [0.4, 0.5) is 13.2 Å². The van der Waals surface area contributed by atoms with E-state index in [0.717, 1.165) is 0 Å². The molecule has 0 aliphatic carbocycles. The third-order valence-corrected chi connectivity index (χ3v) is 3.13. The normalized spacial score (nSPS) is 16.9. The van der Waals surface area contributed by atoms with Crippen molar-refractivity contribution in [2.75, 3.05) is 6.54 Å². The highest BCUT2D eigenvalue weighted by Crippen LogP contribution is 2.29. The molecule has 2 unspecified atom stereocenters. The van der Waals surface area contributed by atoms with E-state index in [1.165, 1.54) is 0 Å². The lowest BCUT2D eigenvalue weighted by Crippen LogP contribution is -2.40. The van der Waals surface area contributed by atoms with Crippen LogP contribution in [-0.2, 0) is 0 Å². The van der Waals surface area contributed by atoms with Gasteiger partial charge in [-0.05, 0) is 18.9 Å². The molecule has 1 aromatic carbocycles. The number of hydrogen-bond acceptors (Lipinski definition) is 2. The van der Waals surface area contributed by atoms with Crippen LogP contribution in [0.1, 0.15) is 38.3 Å². The Bertz CT molecular complexity index is 376. The number of rotatable bonds is 6. The summed E-state index contributed by atoms with van der Waals surface area (Å²) >= 11 is 0. The molecule has 5 heteroatoms. The fourth-order valence-corrected chi connectivity index (χ4v) is 1.69. The van der Waals surface area contributed by atoms with Crippen LogP contribution in [0.25, 0.3) is 0 Å². The van der Waals surface area contributed by atoms with Crippen molar-refractivity contribution in [3.05, 3.63) is 35.9 Å². The van der Waals surface area contributed by atoms with E-state index in [1.807, 2.05) is 0 Å². The molecular formula is C14H20F3NO. The molecule has 0 bridgehead atoms. The summed E-state index contributed by atoms with van der Waals surface area (Å²) < 4.78 is 37.8. The van der Waals surface area contributed by atoms with Gasteiger partial charge in [0, 0.05) is 12.6 Å². The number of hydrogen-bond donors (Lipinski definition) is 2. The van der Waals surface area contributed by atoms with Gasteiger partial charge in [0.2, 0.25) is 0 Å². The maximum atomic E-state index is 12.6. The van der Waals surface area contributed by atoms with Gasteiger partial charge in [-0.2, -0.15) is 13.2 Å². The van der Waals surface area contributed by atoms with E-state index in [9.17, 15) is 18.3 Å². The van der Waals surface area contributed by atoms with Crippen LogP contribution in [0.3, 0.4) is 0 Å². The molecule has 0 amide bonds. The minimum atomic E-state index is -4.24. The predicted molar refractivity (Wildman–Crippen MR) is 68.8 cm³/mol. The average molecular weight is 275 g/mol. The first kappa shape index (κ1) is 16.0. The molecule has 0 heterocycles. The van der Waals surface area contributed by atoms with Crippen molar-refractivity contribution < 1.29 is 18.3 Å². The SMILES string of the molecule is CCC(C)(O)CNC(CC(F)(F)F)c1ccccc1. The lowest BCUT2D eigenvalue weighted by Gasteiger charge is -2.27. The van der Waals surface area contributed by atoms with E-state index in [2.05, 4.69) is 5.32 Å². The summed E-state index contributed by atoms with van der Waals surface area (Å²) in [6.07, 6.45) is -4.71. The second-order valence-corrected chi connectivity index (χ2v) is 5.01. The minimum Gasteiger partial charge on any atom is -0.389 e. The molecule has 19 heavy (non-hydrogen) atoms. The summed E-state index contributed by atoms with van der Waals surface area (Å²) in [5.74, 6) is 0. The van der Waals surface area contributed by atoms with Crippen LogP contribution in [0.5, 0.6) is 0 Å². The second-order valence-electron chi connectivity index (χ2n) is 5.01. The Labute approximate surface area is 111 Å². The zero-order chi connectivity index (χ0) is 14.5. The first-order chi connectivity index (χ1) is 8.73. The standard InChI is InChI=1S/C14H20F3NO/c1-3-13(2,19)10-18-12(9-14(15,16)17)11-7-5-4-6-8-11/h4-8,12,18-19H,3,9-10H2,1-2H3.